The number of hydrogen-bond donors (Lipinski definition) is 0. The third-order valence-corrected chi connectivity index (χ3v) is 4.56. The summed E-state index contributed by atoms with van der Waals surface area (Å²) in [6.07, 6.45) is 15.4. The lowest BCUT2D eigenvalue weighted by Gasteiger charge is -2.25. The molecule has 0 spiro atoms. The Balaban J connectivity index is 2.14. The molecule has 0 radical (unpaired) electrons. The van der Waals surface area contributed by atoms with E-state index in [0.717, 1.165) is 11.0 Å². The average Bonchev–Trinajstić information content (AvgIpc) is 2.49. The van der Waals surface area contributed by atoms with Gasteiger partial charge in [0.05, 0.1) is 21.1 Å². The number of benzene rings is 1. The predicted molar refractivity (Wildman–Crippen MR) is 104 cm³/mol. The van der Waals surface area contributed by atoms with Gasteiger partial charge in [-0.15, -0.1) is 0 Å². The van der Waals surface area contributed by atoms with Crippen LogP contribution >= 0.6 is 0 Å². The molecule has 0 saturated heterocycles. The Morgan fingerprint density at radius 2 is 1.13 bits per heavy atom. The van der Waals surface area contributed by atoms with E-state index >= 15 is 0 Å². The van der Waals surface area contributed by atoms with Crippen molar-refractivity contribution in [2.75, 3.05) is 21.1 Å². The molecule has 0 aliphatic rings. The second kappa shape index (κ2) is 11.7. The van der Waals surface area contributed by atoms with Gasteiger partial charge in [0, 0.05) is 5.56 Å². The van der Waals surface area contributed by atoms with Crippen molar-refractivity contribution < 1.29 is 4.48 Å². The van der Waals surface area contributed by atoms with Crippen LogP contribution < -0.4 is 0 Å². The summed E-state index contributed by atoms with van der Waals surface area (Å²) in [5.41, 5.74) is 3.11. The van der Waals surface area contributed by atoms with Gasteiger partial charge in [-0.25, -0.2) is 0 Å². The van der Waals surface area contributed by atoms with Gasteiger partial charge < -0.3 is 4.48 Å². The fourth-order valence-electron chi connectivity index (χ4n) is 3.27. The summed E-state index contributed by atoms with van der Waals surface area (Å²) in [4.78, 5) is 0. The lowest BCUT2D eigenvalue weighted by molar-refractivity contribution is -0.884. The molecule has 1 heteroatoms. The minimum atomic E-state index is 1.01. The van der Waals surface area contributed by atoms with Gasteiger partial charge in [-0.1, -0.05) is 89.0 Å². The molecule has 0 fully saturated rings. The lowest BCUT2D eigenvalue weighted by Crippen LogP contribution is -2.33. The Kier molecular flexibility index (Phi) is 10.3. The molecule has 0 N–H and O–H groups in total. The number of quaternary nitrogens is 1. The molecule has 0 heterocycles. The Bertz CT molecular complexity index is 403. The second-order valence-corrected chi connectivity index (χ2v) is 8.15. The summed E-state index contributed by atoms with van der Waals surface area (Å²) in [6.45, 7) is 3.42. The fourth-order valence-corrected chi connectivity index (χ4v) is 3.27. The van der Waals surface area contributed by atoms with Gasteiger partial charge in [0.15, 0.2) is 0 Å². The van der Waals surface area contributed by atoms with Crippen molar-refractivity contribution >= 4 is 0 Å². The van der Waals surface area contributed by atoms with E-state index < -0.39 is 0 Å². The molecule has 0 bridgehead atoms. The van der Waals surface area contributed by atoms with Crippen molar-refractivity contribution in [3.8, 4) is 0 Å². The van der Waals surface area contributed by atoms with Crippen molar-refractivity contribution in [3.05, 3.63) is 35.4 Å². The molecule has 0 aliphatic heterocycles. The van der Waals surface area contributed by atoms with E-state index in [-0.39, 0.29) is 0 Å². The van der Waals surface area contributed by atoms with Crippen molar-refractivity contribution in [2.24, 2.45) is 0 Å². The molecular weight excluding hydrogens is 278 g/mol. The zero-order chi connectivity index (χ0) is 17.0. The van der Waals surface area contributed by atoms with E-state index in [0.29, 0.717) is 0 Å². The van der Waals surface area contributed by atoms with E-state index in [1.54, 1.807) is 5.56 Å². The van der Waals surface area contributed by atoms with Crippen LogP contribution in [0.2, 0.25) is 0 Å². The summed E-state index contributed by atoms with van der Waals surface area (Å²) in [5.74, 6) is 0. The maximum atomic E-state index is 2.33. The molecule has 0 aliphatic carbocycles. The second-order valence-electron chi connectivity index (χ2n) is 8.15. The highest BCUT2D eigenvalue weighted by molar-refractivity contribution is 5.26. The first-order chi connectivity index (χ1) is 11.0. The Morgan fingerprint density at radius 1 is 0.652 bits per heavy atom. The van der Waals surface area contributed by atoms with Gasteiger partial charge >= 0.3 is 0 Å². The largest absolute Gasteiger partial charge is 0.327 e. The monoisotopic (exact) mass is 318 g/mol. The van der Waals surface area contributed by atoms with Crippen molar-refractivity contribution in [2.45, 2.75) is 84.1 Å². The van der Waals surface area contributed by atoms with Gasteiger partial charge in [-0.05, 0) is 18.4 Å². The smallest absolute Gasteiger partial charge is 0.104 e. The predicted octanol–water partition coefficient (Wildman–Crippen LogP) is 6.36. The minimum absolute atomic E-state index is 1.01. The SMILES string of the molecule is CCCCCCCCCCCCc1ccccc1C[N+](C)(C)C. The lowest BCUT2D eigenvalue weighted by atomic mass is 9.99. The molecule has 0 saturated carbocycles. The first-order valence-electron chi connectivity index (χ1n) is 9.90. The van der Waals surface area contributed by atoms with E-state index in [9.17, 15) is 0 Å². The molecule has 23 heavy (non-hydrogen) atoms. The summed E-state index contributed by atoms with van der Waals surface area (Å²) in [7, 11) is 6.83. The molecule has 0 unspecified atom stereocenters. The highest BCUT2D eigenvalue weighted by atomic mass is 15.3. The van der Waals surface area contributed by atoms with Crippen LogP contribution in [0.25, 0.3) is 0 Å². The number of rotatable bonds is 13. The maximum Gasteiger partial charge on any atom is 0.104 e. The van der Waals surface area contributed by atoms with Crippen LogP contribution in [0.4, 0.5) is 0 Å². The number of nitrogens with zero attached hydrogens (tertiary/aromatic N) is 1. The van der Waals surface area contributed by atoms with E-state index in [1.807, 2.05) is 0 Å². The van der Waals surface area contributed by atoms with Crippen LogP contribution in [-0.4, -0.2) is 25.6 Å². The maximum absolute atomic E-state index is 2.33. The molecule has 1 aromatic rings. The van der Waals surface area contributed by atoms with Crippen molar-refractivity contribution in [1.29, 1.82) is 0 Å². The number of aryl methyl sites for hydroxylation is 1. The van der Waals surface area contributed by atoms with Crippen LogP contribution in [0.1, 0.15) is 82.3 Å². The minimum Gasteiger partial charge on any atom is -0.327 e. The molecule has 0 atom stereocenters. The Labute approximate surface area is 145 Å². The average molecular weight is 319 g/mol. The summed E-state index contributed by atoms with van der Waals surface area (Å²) >= 11 is 0. The van der Waals surface area contributed by atoms with Crippen LogP contribution in [0, 0.1) is 0 Å². The quantitative estimate of drug-likeness (QED) is 0.293. The summed E-state index contributed by atoms with van der Waals surface area (Å²) in [5, 5.41) is 0. The van der Waals surface area contributed by atoms with E-state index in [4.69, 9.17) is 0 Å². The zero-order valence-corrected chi connectivity index (χ0v) is 16.2. The standard InChI is InChI=1S/C22H40N/c1-5-6-7-8-9-10-11-12-13-14-17-21-18-15-16-19-22(21)20-23(2,3)4/h15-16,18-19H,5-14,17,20H2,1-4H3/q+1. The topological polar surface area (TPSA) is 0 Å². The first-order valence-corrected chi connectivity index (χ1v) is 9.90. The Morgan fingerprint density at radius 3 is 1.65 bits per heavy atom. The first kappa shape index (κ1) is 20.2. The van der Waals surface area contributed by atoms with Gasteiger partial charge in [0.2, 0.25) is 0 Å². The number of hydrogen-bond acceptors (Lipinski definition) is 0. The highest BCUT2D eigenvalue weighted by Crippen LogP contribution is 2.17. The fraction of sp³-hybridized carbons (Fsp3) is 0.727. The molecule has 0 aromatic heterocycles. The van der Waals surface area contributed by atoms with Gasteiger partial charge in [0.1, 0.15) is 6.54 Å². The summed E-state index contributed by atoms with van der Waals surface area (Å²) < 4.78 is 1.01. The molecule has 1 nitrogen and oxygen atoms in total. The molecule has 132 valence electrons. The molecule has 0 amide bonds. The van der Waals surface area contributed by atoms with Crippen LogP contribution in [0.5, 0.6) is 0 Å². The normalized spacial score (nSPS) is 11.8. The third-order valence-electron chi connectivity index (χ3n) is 4.56. The molecule has 1 rings (SSSR count). The van der Waals surface area contributed by atoms with Crippen molar-refractivity contribution in [1.82, 2.24) is 0 Å². The van der Waals surface area contributed by atoms with Crippen LogP contribution in [0.15, 0.2) is 24.3 Å². The van der Waals surface area contributed by atoms with E-state index in [1.165, 1.54) is 76.2 Å². The van der Waals surface area contributed by atoms with Crippen molar-refractivity contribution in [3.63, 3.8) is 0 Å². The van der Waals surface area contributed by atoms with Gasteiger partial charge in [-0.3, -0.25) is 0 Å². The zero-order valence-electron chi connectivity index (χ0n) is 16.2. The number of unbranched alkanes of at least 4 members (excludes halogenated alkanes) is 9. The van der Waals surface area contributed by atoms with Gasteiger partial charge in [0.25, 0.3) is 0 Å². The van der Waals surface area contributed by atoms with Crippen LogP contribution in [0.3, 0.4) is 0 Å². The Hall–Kier alpha value is -0.820. The van der Waals surface area contributed by atoms with Crippen LogP contribution in [-0.2, 0) is 13.0 Å². The molecule has 1 aromatic carbocycles. The van der Waals surface area contributed by atoms with E-state index in [2.05, 4.69) is 52.3 Å². The van der Waals surface area contributed by atoms with Gasteiger partial charge in [-0.2, -0.15) is 0 Å². The summed E-state index contributed by atoms with van der Waals surface area (Å²) in [6, 6.07) is 9.03. The molecular formula is C22H40N+. The highest BCUT2D eigenvalue weighted by Gasteiger charge is 2.11. The third kappa shape index (κ3) is 10.5.